The van der Waals surface area contributed by atoms with Gasteiger partial charge in [-0.1, -0.05) is 38.5 Å². The van der Waals surface area contributed by atoms with Crippen LogP contribution in [0.25, 0.3) is 0 Å². The number of fused-ring (bicyclic) bond motifs is 3. The number of alkyl carbamates (subject to hydrolysis) is 1. The van der Waals surface area contributed by atoms with E-state index in [0.29, 0.717) is 25.7 Å². The van der Waals surface area contributed by atoms with E-state index in [2.05, 4.69) is 38.2 Å². The lowest BCUT2D eigenvalue weighted by Crippen LogP contribution is -2.54. The normalized spacial score (nSPS) is 32.5. The molecule has 1 N–H and O–H groups in total. The molecule has 0 unspecified atom stereocenters. The van der Waals surface area contributed by atoms with Crippen molar-refractivity contribution in [3.63, 3.8) is 0 Å². The largest absolute Gasteiger partial charge is 0.454 e. The first-order valence-corrected chi connectivity index (χ1v) is 10.6. The van der Waals surface area contributed by atoms with Crippen molar-refractivity contribution < 1.29 is 23.7 Å². The molecule has 2 bridgehead atoms. The molecular weight excluding hydrogens is 370 g/mol. The van der Waals surface area contributed by atoms with Gasteiger partial charge in [-0.3, -0.25) is 0 Å². The minimum atomic E-state index is -0.346. The van der Waals surface area contributed by atoms with E-state index in [9.17, 15) is 4.79 Å². The third-order valence-electron chi connectivity index (χ3n) is 6.97. The number of rotatable bonds is 5. The molecular formula is C23H31NO5. The summed E-state index contributed by atoms with van der Waals surface area (Å²) in [6.07, 6.45) is 2.82. The highest BCUT2D eigenvalue weighted by Gasteiger charge is 2.54. The zero-order valence-corrected chi connectivity index (χ0v) is 17.7. The molecule has 2 heterocycles. The lowest BCUT2D eigenvalue weighted by atomic mass is 9.56. The molecule has 0 spiro atoms. The summed E-state index contributed by atoms with van der Waals surface area (Å²) in [4.78, 5) is 12.1. The van der Waals surface area contributed by atoms with Crippen molar-refractivity contribution in [2.45, 2.75) is 40.2 Å². The van der Waals surface area contributed by atoms with Crippen LogP contribution < -0.4 is 14.8 Å². The van der Waals surface area contributed by atoms with Crippen LogP contribution in [0.4, 0.5) is 4.79 Å². The quantitative estimate of drug-likeness (QED) is 0.738. The highest BCUT2D eigenvalue weighted by atomic mass is 16.7. The number of nitrogens with one attached hydrogen (secondary N) is 1. The maximum atomic E-state index is 12.1. The summed E-state index contributed by atoms with van der Waals surface area (Å²) in [5.41, 5.74) is 2.21. The topological polar surface area (TPSA) is 66.0 Å². The summed E-state index contributed by atoms with van der Waals surface area (Å²) in [6, 6.07) is 6.06. The average molecular weight is 402 g/mol. The van der Waals surface area contributed by atoms with Gasteiger partial charge in [-0.15, -0.1) is 0 Å². The van der Waals surface area contributed by atoms with Gasteiger partial charge in [0.1, 0.15) is 6.61 Å². The van der Waals surface area contributed by atoms with Crippen LogP contribution in [0.5, 0.6) is 11.5 Å². The molecule has 0 radical (unpaired) electrons. The average Bonchev–Trinajstić information content (AvgIpc) is 3.17. The van der Waals surface area contributed by atoms with Crippen molar-refractivity contribution in [2.24, 2.45) is 23.2 Å². The maximum Gasteiger partial charge on any atom is 0.407 e. The number of hydrogen-bond donors (Lipinski definition) is 1. The summed E-state index contributed by atoms with van der Waals surface area (Å²) in [5.74, 6) is 2.36. The van der Waals surface area contributed by atoms with Gasteiger partial charge in [0.2, 0.25) is 6.79 Å². The molecule has 6 nitrogen and oxygen atoms in total. The number of allylic oxidation sites excluding steroid dienone is 1. The fraction of sp³-hybridized carbons (Fsp3) is 0.609. The molecule has 2 aliphatic heterocycles. The van der Waals surface area contributed by atoms with Crippen LogP contribution in [0.1, 0.15) is 45.8 Å². The molecule has 6 heteroatoms. The van der Waals surface area contributed by atoms with Crippen LogP contribution in [-0.2, 0) is 9.47 Å². The SMILES string of the molecule is CCCNC(=O)OC[C@@]12CO[C@H](c3ccc4c(c3)OCO4)[C@@H](C(C)=C[C@H]1C)[C@@H]2C. The number of hydrogen-bond acceptors (Lipinski definition) is 5. The van der Waals surface area contributed by atoms with E-state index < -0.39 is 0 Å². The van der Waals surface area contributed by atoms with E-state index in [1.54, 1.807) is 0 Å². The Kier molecular flexibility index (Phi) is 5.47. The van der Waals surface area contributed by atoms with Crippen molar-refractivity contribution in [1.82, 2.24) is 5.32 Å². The lowest BCUT2D eigenvalue weighted by Gasteiger charge is -2.55. The molecule has 1 aliphatic carbocycles. The lowest BCUT2D eigenvalue weighted by molar-refractivity contribution is -0.165. The monoisotopic (exact) mass is 401 g/mol. The summed E-state index contributed by atoms with van der Waals surface area (Å²) in [7, 11) is 0. The minimum absolute atomic E-state index is 0.0507. The van der Waals surface area contributed by atoms with E-state index in [1.807, 2.05) is 19.1 Å². The van der Waals surface area contributed by atoms with Gasteiger partial charge >= 0.3 is 6.09 Å². The second-order valence-electron chi connectivity index (χ2n) is 8.59. The van der Waals surface area contributed by atoms with Gasteiger partial charge in [-0.2, -0.15) is 0 Å². The molecule has 1 aromatic rings. The molecule has 158 valence electrons. The highest BCUT2D eigenvalue weighted by Crippen LogP contribution is 2.56. The zero-order chi connectivity index (χ0) is 20.6. The molecule has 0 saturated carbocycles. The van der Waals surface area contributed by atoms with Crippen molar-refractivity contribution in [1.29, 1.82) is 0 Å². The number of benzene rings is 1. The Morgan fingerprint density at radius 2 is 2.07 bits per heavy atom. The van der Waals surface area contributed by atoms with E-state index in [0.717, 1.165) is 23.5 Å². The van der Waals surface area contributed by atoms with Crippen LogP contribution in [0.2, 0.25) is 0 Å². The van der Waals surface area contributed by atoms with Gasteiger partial charge in [-0.25, -0.2) is 4.79 Å². The molecule has 3 aliphatic rings. The number of ether oxygens (including phenoxy) is 4. The second-order valence-corrected chi connectivity index (χ2v) is 8.59. The number of carbonyl (C=O) groups is 1. The first-order valence-electron chi connectivity index (χ1n) is 10.6. The van der Waals surface area contributed by atoms with Crippen LogP contribution in [0.3, 0.4) is 0 Å². The number of carbonyl (C=O) groups excluding carboxylic acids is 1. The molecule has 1 aromatic carbocycles. The molecule has 0 aromatic heterocycles. The first kappa shape index (κ1) is 20.1. The Morgan fingerprint density at radius 3 is 2.86 bits per heavy atom. The van der Waals surface area contributed by atoms with E-state index >= 15 is 0 Å². The predicted octanol–water partition coefficient (Wildman–Crippen LogP) is 4.46. The van der Waals surface area contributed by atoms with Gasteiger partial charge in [-0.05, 0) is 42.9 Å². The van der Waals surface area contributed by atoms with E-state index in [4.69, 9.17) is 18.9 Å². The summed E-state index contributed by atoms with van der Waals surface area (Å²) in [5, 5.41) is 2.80. The molecule has 1 saturated heterocycles. The first-order chi connectivity index (χ1) is 14.0. The van der Waals surface area contributed by atoms with E-state index in [-0.39, 0.29) is 36.2 Å². The third-order valence-corrected chi connectivity index (χ3v) is 6.97. The summed E-state index contributed by atoms with van der Waals surface area (Å²) < 4.78 is 23.1. The van der Waals surface area contributed by atoms with Crippen molar-refractivity contribution in [3.05, 3.63) is 35.4 Å². The van der Waals surface area contributed by atoms with Crippen molar-refractivity contribution in [3.8, 4) is 11.5 Å². The van der Waals surface area contributed by atoms with Gasteiger partial charge < -0.3 is 24.3 Å². The van der Waals surface area contributed by atoms with Crippen LogP contribution >= 0.6 is 0 Å². The molecule has 1 fully saturated rings. The van der Waals surface area contributed by atoms with Gasteiger partial charge in [0.05, 0.1) is 12.7 Å². The Hall–Kier alpha value is -2.21. The van der Waals surface area contributed by atoms with Crippen LogP contribution in [-0.4, -0.2) is 32.6 Å². The Bertz CT molecular complexity index is 806. The Morgan fingerprint density at radius 1 is 1.28 bits per heavy atom. The Balaban J connectivity index is 1.57. The predicted molar refractivity (Wildman–Crippen MR) is 109 cm³/mol. The standard InChI is InChI=1S/C23H31NO5/c1-5-8-24-22(25)27-12-23-11-26-21(20(16(23)4)14(2)9-15(23)3)17-6-7-18-19(10-17)29-13-28-18/h6-7,9-10,15-16,20-21H,5,8,11-13H2,1-4H3,(H,24,25)/t15-,16+,20+,21-,23+/m1/s1. The zero-order valence-electron chi connectivity index (χ0n) is 17.7. The minimum Gasteiger partial charge on any atom is -0.454 e. The fourth-order valence-corrected chi connectivity index (χ4v) is 5.13. The van der Waals surface area contributed by atoms with Gasteiger partial charge in [0.15, 0.2) is 11.5 Å². The van der Waals surface area contributed by atoms with Gasteiger partial charge in [0.25, 0.3) is 0 Å². The van der Waals surface area contributed by atoms with Crippen molar-refractivity contribution >= 4 is 6.09 Å². The van der Waals surface area contributed by atoms with E-state index in [1.165, 1.54) is 5.57 Å². The third kappa shape index (κ3) is 3.48. The van der Waals surface area contributed by atoms with Gasteiger partial charge in [0, 0.05) is 17.9 Å². The summed E-state index contributed by atoms with van der Waals surface area (Å²) >= 11 is 0. The molecule has 29 heavy (non-hydrogen) atoms. The maximum absolute atomic E-state index is 12.1. The smallest absolute Gasteiger partial charge is 0.407 e. The number of amides is 1. The molecule has 4 rings (SSSR count). The van der Waals surface area contributed by atoms with Crippen LogP contribution in [0.15, 0.2) is 29.8 Å². The molecule has 5 atom stereocenters. The molecule has 1 amide bonds. The highest BCUT2D eigenvalue weighted by molar-refractivity contribution is 5.67. The Labute approximate surface area is 172 Å². The van der Waals surface area contributed by atoms with Crippen molar-refractivity contribution in [2.75, 3.05) is 26.6 Å². The fourth-order valence-electron chi connectivity index (χ4n) is 5.13. The van der Waals surface area contributed by atoms with Crippen LogP contribution in [0, 0.1) is 23.2 Å². The second kappa shape index (κ2) is 7.90. The summed E-state index contributed by atoms with van der Waals surface area (Å²) in [6.45, 7) is 10.5.